The molecule has 6 heteroatoms. The SMILES string of the molecule is CC(C(=O)NC1CCN(Cc2ccccc2)CC1)N1CCN(c2cccc(Cl)c2)CC1. The first kappa shape index (κ1) is 22.1. The molecule has 0 bridgehead atoms. The number of amides is 1. The Morgan fingerprint density at radius 2 is 1.71 bits per heavy atom. The molecule has 31 heavy (non-hydrogen) atoms. The van der Waals surface area contributed by atoms with Crippen molar-refractivity contribution in [3.63, 3.8) is 0 Å². The molecule has 4 rings (SSSR count). The Balaban J connectivity index is 1.20. The maximum atomic E-state index is 12.9. The molecule has 0 aromatic heterocycles. The molecule has 0 aliphatic carbocycles. The van der Waals surface area contributed by atoms with Crippen LogP contribution in [0.15, 0.2) is 54.6 Å². The normalized spacial score (nSPS) is 19.9. The second kappa shape index (κ2) is 10.5. The molecular formula is C25H33ClN4O. The third-order valence-electron chi connectivity index (χ3n) is 6.60. The van der Waals surface area contributed by atoms with Crippen LogP contribution >= 0.6 is 11.6 Å². The predicted octanol–water partition coefficient (Wildman–Crippen LogP) is 3.63. The minimum atomic E-state index is -0.0936. The number of nitrogens with one attached hydrogen (secondary N) is 1. The van der Waals surface area contributed by atoms with Crippen LogP contribution in [0.4, 0.5) is 5.69 Å². The van der Waals surface area contributed by atoms with Crippen molar-refractivity contribution < 1.29 is 4.79 Å². The first-order chi connectivity index (χ1) is 15.1. The number of hydrogen-bond acceptors (Lipinski definition) is 4. The van der Waals surface area contributed by atoms with Crippen LogP contribution in [-0.2, 0) is 11.3 Å². The zero-order valence-corrected chi connectivity index (χ0v) is 19.1. The van der Waals surface area contributed by atoms with Gasteiger partial charge >= 0.3 is 0 Å². The van der Waals surface area contributed by atoms with E-state index in [9.17, 15) is 4.79 Å². The number of nitrogens with zero attached hydrogens (tertiary/aromatic N) is 3. The number of carbonyl (C=O) groups excluding carboxylic acids is 1. The van der Waals surface area contributed by atoms with Gasteiger partial charge in [-0.25, -0.2) is 0 Å². The monoisotopic (exact) mass is 440 g/mol. The molecule has 2 fully saturated rings. The third-order valence-corrected chi connectivity index (χ3v) is 6.83. The smallest absolute Gasteiger partial charge is 0.237 e. The summed E-state index contributed by atoms with van der Waals surface area (Å²) in [5, 5.41) is 4.08. The van der Waals surface area contributed by atoms with E-state index in [1.54, 1.807) is 0 Å². The Bertz CT molecular complexity index is 846. The second-order valence-electron chi connectivity index (χ2n) is 8.72. The van der Waals surface area contributed by atoms with Gasteiger partial charge in [-0.2, -0.15) is 0 Å². The van der Waals surface area contributed by atoms with Crippen LogP contribution in [0.25, 0.3) is 0 Å². The van der Waals surface area contributed by atoms with E-state index < -0.39 is 0 Å². The largest absolute Gasteiger partial charge is 0.369 e. The van der Waals surface area contributed by atoms with Gasteiger partial charge in [0, 0.05) is 62.6 Å². The number of likely N-dealkylation sites (tertiary alicyclic amines) is 1. The molecule has 5 nitrogen and oxygen atoms in total. The first-order valence-corrected chi connectivity index (χ1v) is 11.8. The van der Waals surface area contributed by atoms with E-state index in [1.165, 1.54) is 5.56 Å². The maximum absolute atomic E-state index is 12.9. The topological polar surface area (TPSA) is 38.8 Å². The van der Waals surface area contributed by atoms with Crippen molar-refractivity contribution in [1.29, 1.82) is 0 Å². The second-order valence-corrected chi connectivity index (χ2v) is 9.16. The number of rotatable bonds is 6. The predicted molar refractivity (Wildman–Crippen MR) is 128 cm³/mol. The molecule has 0 radical (unpaired) electrons. The highest BCUT2D eigenvalue weighted by Crippen LogP contribution is 2.21. The molecule has 2 aromatic carbocycles. The molecule has 1 N–H and O–H groups in total. The number of hydrogen-bond donors (Lipinski definition) is 1. The summed E-state index contributed by atoms with van der Waals surface area (Å²) in [5.41, 5.74) is 2.52. The van der Waals surface area contributed by atoms with Gasteiger partial charge in [-0.05, 0) is 43.5 Å². The van der Waals surface area contributed by atoms with Crippen LogP contribution in [0, 0.1) is 0 Å². The molecular weight excluding hydrogens is 408 g/mol. The fraction of sp³-hybridized carbons (Fsp3) is 0.480. The summed E-state index contributed by atoms with van der Waals surface area (Å²) in [7, 11) is 0. The summed E-state index contributed by atoms with van der Waals surface area (Å²) in [5.74, 6) is 0.165. The highest BCUT2D eigenvalue weighted by atomic mass is 35.5. The van der Waals surface area contributed by atoms with Crippen LogP contribution in [0.5, 0.6) is 0 Å². The number of halogens is 1. The van der Waals surface area contributed by atoms with Crippen molar-refractivity contribution in [3.8, 4) is 0 Å². The van der Waals surface area contributed by atoms with Crippen molar-refractivity contribution in [1.82, 2.24) is 15.1 Å². The van der Waals surface area contributed by atoms with Crippen LogP contribution < -0.4 is 10.2 Å². The zero-order chi connectivity index (χ0) is 21.6. The zero-order valence-electron chi connectivity index (χ0n) is 18.3. The highest BCUT2D eigenvalue weighted by Gasteiger charge is 2.28. The Hall–Kier alpha value is -2.08. The lowest BCUT2D eigenvalue weighted by Gasteiger charge is -2.39. The van der Waals surface area contributed by atoms with Gasteiger partial charge in [-0.1, -0.05) is 48.0 Å². The Morgan fingerprint density at radius 3 is 2.39 bits per heavy atom. The van der Waals surface area contributed by atoms with Gasteiger partial charge in [0.1, 0.15) is 0 Å². The summed E-state index contributed by atoms with van der Waals surface area (Å²) >= 11 is 6.13. The lowest BCUT2D eigenvalue weighted by molar-refractivity contribution is -0.127. The van der Waals surface area contributed by atoms with Crippen molar-refractivity contribution in [3.05, 3.63) is 65.2 Å². The van der Waals surface area contributed by atoms with Crippen LogP contribution in [0.3, 0.4) is 0 Å². The van der Waals surface area contributed by atoms with Crippen molar-refractivity contribution in [2.75, 3.05) is 44.2 Å². The van der Waals surface area contributed by atoms with E-state index in [1.807, 2.05) is 25.1 Å². The molecule has 2 aromatic rings. The van der Waals surface area contributed by atoms with Gasteiger partial charge in [0.05, 0.1) is 6.04 Å². The standard InChI is InChI=1S/C25H33ClN4O/c1-20(29-14-16-30(17-15-29)24-9-5-8-22(26)18-24)25(31)27-23-10-12-28(13-11-23)19-21-6-3-2-4-7-21/h2-9,18,20,23H,10-17,19H2,1H3,(H,27,31). The average molecular weight is 441 g/mol. The van der Waals surface area contributed by atoms with Crippen LogP contribution in [0.2, 0.25) is 5.02 Å². The van der Waals surface area contributed by atoms with E-state index in [-0.39, 0.29) is 18.0 Å². The Morgan fingerprint density at radius 1 is 1.00 bits per heavy atom. The lowest BCUT2D eigenvalue weighted by Crippen LogP contribution is -2.56. The van der Waals surface area contributed by atoms with E-state index in [2.05, 4.69) is 56.4 Å². The van der Waals surface area contributed by atoms with Gasteiger partial charge < -0.3 is 10.2 Å². The van der Waals surface area contributed by atoms with Gasteiger partial charge in [0.15, 0.2) is 0 Å². The van der Waals surface area contributed by atoms with E-state index >= 15 is 0 Å². The molecule has 2 saturated heterocycles. The van der Waals surface area contributed by atoms with Gasteiger partial charge in [-0.15, -0.1) is 0 Å². The summed E-state index contributed by atoms with van der Waals surface area (Å²) in [6.07, 6.45) is 2.04. The van der Waals surface area contributed by atoms with Crippen LogP contribution in [-0.4, -0.2) is 67.1 Å². The Labute approximate surface area is 191 Å². The molecule has 2 aliphatic rings. The van der Waals surface area contributed by atoms with E-state index in [0.29, 0.717) is 0 Å². The molecule has 2 aliphatic heterocycles. The highest BCUT2D eigenvalue weighted by molar-refractivity contribution is 6.30. The summed E-state index contributed by atoms with van der Waals surface area (Å²) in [4.78, 5) is 20.0. The molecule has 1 amide bonds. The van der Waals surface area contributed by atoms with Gasteiger partial charge in [-0.3, -0.25) is 14.6 Å². The van der Waals surface area contributed by atoms with Crippen LogP contribution in [0.1, 0.15) is 25.3 Å². The number of benzene rings is 2. The molecule has 1 atom stereocenters. The lowest BCUT2D eigenvalue weighted by atomic mass is 10.0. The number of piperidine rings is 1. The van der Waals surface area contributed by atoms with E-state index in [4.69, 9.17) is 11.6 Å². The molecule has 0 saturated carbocycles. The number of carbonyl (C=O) groups is 1. The molecule has 0 spiro atoms. The summed E-state index contributed by atoms with van der Waals surface area (Å²) in [6.45, 7) is 8.70. The summed E-state index contributed by atoms with van der Waals surface area (Å²) in [6, 6.07) is 18.8. The van der Waals surface area contributed by atoms with Crippen molar-refractivity contribution in [2.45, 2.75) is 38.4 Å². The average Bonchev–Trinajstić information content (AvgIpc) is 2.81. The third kappa shape index (κ3) is 6.00. The fourth-order valence-corrected chi connectivity index (χ4v) is 4.79. The van der Waals surface area contributed by atoms with Crippen molar-refractivity contribution in [2.24, 2.45) is 0 Å². The van der Waals surface area contributed by atoms with Crippen molar-refractivity contribution >= 4 is 23.2 Å². The van der Waals surface area contributed by atoms with Gasteiger partial charge in [0.2, 0.25) is 5.91 Å². The maximum Gasteiger partial charge on any atom is 0.237 e. The molecule has 2 heterocycles. The van der Waals surface area contributed by atoms with E-state index in [0.717, 1.165) is 69.4 Å². The van der Waals surface area contributed by atoms with Gasteiger partial charge in [0.25, 0.3) is 0 Å². The molecule has 1 unspecified atom stereocenters. The fourth-order valence-electron chi connectivity index (χ4n) is 4.60. The first-order valence-electron chi connectivity index (χ1n) is 11.4. The summed E-state index contributed by atoms with van der Waals surface area (Å²) < 4.78 is 0. The quantitative estimate of drug-likeness (QED) is 0.744. The molecule has 166 valence electrons. The number of anilines is 1. The number of piperazine rings is 1. The minimum Gasteiger partial charge on any atom is -0.369 e. The minimum absolute atomic E-state index is 0.0936. The Kier molecular flexibility index (Phi) is 7.49.